The fourth-order valence-electron chi connectivity index (χ4n) is 7.52. The van der Waals surface area contributed by atoms with Gasteiger partial charge in [-0.15, -0.1) is 6.58 Å². The molecular formula is C28H31FN2O4. The van der Waals surface area contributed by atoms with Crippen molar-refractivity contribution < 1.29 is 24.1 Å². The zero-order valence-electron chi connectivity index (χ0n) is 19.9. The van der Waals surface area contributed by atoms with Gasteiger partial charge in [-0.1, -0.05) is 24.3 Å². The predicted octanol–water partition coefficient (Wildman–Crippen LogP) is 2.94. The van der Waals surface area contributed by atoms with Gasteiger partial charge in [-0.25, -0.2) is 4.39 Å². The summed E-state index contributed by atoms with van der Waals surface area (Å²) < 4.78 is 20.2. The number of likely N-dealkylation sites (N-methyl/N-ethyl adjacent to an activating group) is 1. The molecule has 0 aromatic heterocycles. The van der Waals surface area contributed by atoms with Crippen molar-refractivity contribution in [2.75, 3.05) is 20.1 Å². The summed E-state index contributed by atoms with van der Waals surface area (Å²) in [6, 6.07) is 9.38. The van der Waals surface area contributed by atoms with Gasteiger partial charge in [0.25, 0.3) is 0 Å². The van der Waals surface area contributed by atoms with E-state index in [0.29, 0.717) is 43.5 Å². The highest BCUT2D eigenvalue weighted by molar-refractivity contribution is 5.79. The van der Waals surface area contributed by atoms with E-state index in [2.05, 4.69) is 11.5 Å². The second kappa shape index (κ2) is 7.80. The highest BCUT2D eigenvalue weighted by Gasteiger charge is 2.73. The van der Waals surface area contributed by atoms with E-state index >= 15 is 0 Å². The molecule has 35 heavy (non-hydrogen) atoms. The second-order valence-corrected chi connectivity index (χ2v) is 10.6. The van der Waals surface area contributed by atoms with E-state index in [1.54, 1.807) is 30.1 Å². The van der Waals surface area contributed by atoms with Crippen LogP contribution < -0.4 is 4.74 Å². The molecule has 2 aliphatic heterocycles. The third-order valence-electron chi connectivity index (χ3n) is 9.04. The lowest BCUT2D eigenvalue weighted by atomic mass is 9.48. The Morgan fingerprint density at radius 3 is 2.94 bits per heavy atom. The molecule has 2 unspecified atom stereocenters. The Balaban J connectivity index is 1.40. The van der Waals surface area contributed by atoms with E-state index in [1.807, 2.05) is 12.1 Å². The van der Waals surface area contributed by atoms with E-state index in [9.17, 15) is 19.4 Å². The second-order valence-electron chi connectivity index (χ2n) is 10.6. The van der Waals surface area contributed by atoms with Gasteiger partial charge in [-0.05, 0) is 61.6 Å². The van der Waals surface area contributed by atoms with Crippen molar-refractivity contribution in [3.8, 4) is 11.5 Å². The molecule has 1 saturated heterocycles. The summed E-state index contributed by atoms with van der Waals surface area (Å²) in [6.45, 7) is 5.39. The number of hydrogen-bond donors (Lipinski definition) is 2. The summed E-state index contributed by atoms with van der Waals surface area (Å²) >= 11 is 0. The van der Waals surface area contributed by atoms with Crippen molar-refractivity contribution in [1.29, 1.82) is 0 Å². The molecule has 6 rings (SSSR count). The third kappa shape index (κ3) is 2.97. The fourth-order valence-corrected chi connectivity index (χ4v) is 7.52. The molecular weight excluding hydrogens is 447 g/mol. The largest absolute Gasteiger partial charge is 0.504 e. The summed E-state index contributed by atoms with van der Waals surface area (Å²) in [5.74, 6) is 0.0494. The minimum Gasteiger partial charge on any atom is -0.504 e. The number of carbonyl (C=O) groups excluding carboxylic acids is 1. The highest BCUT2D eigenvalue weighted by atomic mass is 19.1. The number of nitrogens with zero attached hydrogens (tertiary/aromatic N) is 2. The quantitative estimate of drug-likeness (QED) is 0.647. The van der Waals surface area contributed by atoms with Crippen LogP contribution in [0.3, 0.4) is 0 Å². The number of amides is 1. The van der Waals surface area contributed by atoms with E-state index in [0.717, 1.165) is 17.7 Å². The summed E-state index contributed by atoms with van der Waals surface area (Å²) in [4.78, 5) is 17.3. The van der Waals surface area contributed by atoms with E-state index in [-0.39, 0.29) is 36.0 Å². The van der Waals surface area contributed by atoms with Crippen LogP contribution in [0.2, 0.25) is 0 Å². The number of benzene rings is 2. The van der Waals surface area contributed by atoms with Gasteiger partial charge in [-0.2, -0.15) is 0 Å². The van der Waals surface area contributed by atoms with Crippen LogP contribution in [0.5, 0.6) is 11.5 Å². The SMILES string of the molecule is C=CCN1CC[C@]23c4c5ccc(O)c4OC2C(N(C)C(=O)Cc2cccc(F)c2)CC[C@@]3(O)[C@H]1C5. The van der Waals surface area contributed by atoms with Gasteiger partial charge >= 0.3 is 0 Å². The lowest BCUT2D eigenvalue weighted by molar-refractivity contribution is -0.198. The first-order valence-electron chi connectivity index (χ1n) is 12.4. The minimum atomic E-state index is -1.03. The van der Waals surface area contributed by atoms with Crippen LogP contribution in [0.15, 0.2) is 49.1 Å². The number of piperidine rings is 1. The van der Waals surface area contributed by atoms with Gasteiger partial charge in [0.1, 0.15) is 11.9 Å². The third-order valence-corrected chi connectivity index (χ3v) is 9.04. The zero-order valence-corrected chi connectivity index (χ0v) is 19.9. The van der Waals surface area contributed by atoms with E-state index in [1.165, 1.54) is 12.1 Å². The number of phenols is 1. The van der Waals surface area contributed by atoms with Gasteiger partial charge < -0.3 is 19.8 Å². The molecule has 7 heteroatoms. The lowest BCUT2D eigenvalue weighted by Gasteiger charge is -2.64. The Kier molecular flexibility index (Phi) is 5.03. The molecule has 2 aromatic rings. The smallest absolute Gasteiger partial charge is 0.227 e. The molecule has 2 bridgehead atoms. The number of ether oxygens (including phenoxy) is 1. The number of phenolic OH excluding ortho intramolecular Hbond substituents is 1. The molecule has 2 aromatic carbocycles. The average Bonchev–Trinajstić information content (AvgIpc) is 3.18. The monoisotopic (exact) mass is 478 g/mol. The van der Waals surface area contributed by atoms with Gasteiger partial charge in [0.05, 0.1) is 23.5 Å². The number of aliphatic hydroxyl groups is 1. The van der Waals surface area contributed by atoms with Crippen LogP contribution in [0.4, 0.5) is 4.39 Å². The molecule has 2 aliphatic carbocycles. The molecule has 2 heterocycles. The van der Waals surface area contributed by atoms with Crippen molar-refractivity contribution >= 4 is 5.91 Å². The van der Waals surface area contributed by atoms with Gasteiger partial charge in [0, 0.05) is 25.2 Å². The summed E-state index contributed by atoms with van der Waals surface area (Å²) in [7, 11) is 1.77. The Labute approximate surface area is 204 Å². The molecule has 2 fully saturated rings. The number of aromatic hydroxyl groups is 1. The van der Waals surface area contributed by atoms with Crippen LogP contribution >= 0.6 is 0 Å². The molecule has 5 atom stereocenters. The van der Waals surface area contributed by atoms with Crippen molar-refractivity contribution in [2.24, 2.45) is 0 Å². The van der Waals surface area contributed by atoms with Crippen LogP contribution in [-0.4, -0.2) is 69.8 Å². The predicted molar refractivity (Wildman–Crippen MR) is 129 cm³/mol. The minimum absolute atomic E-state index is 0.0781. The van der Waals surface area contributed by atoms with E-state index in [4.69, 9.17) is 4.74 Å². The molecule has 4 aliphatic rings. The molecule has 1 amide bonds. The number of rotatable bonds is 5. The lowest BCUT2D eigenvalue weighted by Crippen LogP contribution is -2.78. The number of likely N-dealkylation sites (tertiary alicyclic amines) is 1. The number of halogens is 1. The van der Waals surface area contributed by atoms with Crippen LogP contribution in [0.1, 0.15) is 36.0 Å². The zero-order chi connectivity index (χ0) is 24.5. The van der Waals surface area contributed by atoms with Gasteiger partial charge in [0.2, 0.25) is 5.91 Å². The van der Waals surface area contributed by atoms with Gasteiger partial charge in [0.15, 0.2) is 11.5 Å². The van der Waals surface area contributed by atoms with Crippen LogP contribution in [-0.2, 0) is 23.1 Å². The maximum atomic E-state index is 13.7. The first kappa shape index (κ1) is 22.6. The maximum absolute atomic E-state index is 13.7. The Bertz CT molecular complexity index is 1220. The molecule has 2 N–H and O–H groups in total. The Morgan fingerprint density at radius 2 is 2.17 bits per heavy atom. The normalized spacial score (nSPS) is 32.5. The molecule has 0 radical (unpaired) electrons. The molecule has 184 valence electrons. The Hall–Kier alpha value is -2.90. The first-order chi connectivity index (χ1) is 16.8. The van der Waals surface area contributed by atoms with Crippen LogP contribution in [0.25, 0.3) is 0 Å². The summed E-state index contributed by atoms with van der Waals surface area (Å²) in [5.41, 5.74) is 0.910. The average molecular weight is 479 g/mol. The molecule has 1 spiro atoms. The fraction of sp³-hybridized carbons (Fsp3) is 0.464. The van der Waals surface area contributed by atoms with Crippen molar-refractivity contribution in [2.45, 2.75) is 61.3 Å². The van der Waals surface area contributed by atoms with E-state index < -0.39 is 17.1 Å². The standard InChI is InChI=1S/C28H31FN2O4/c1-3-12-31-13-11-27-24-18-7-8-21(32)25(24)35-26(27)20(9-10-28(27,34)22(31)16-18)30(2)23(33)15-17-5-4-6-19(29)14-17/h3-8,14,20,22,26,32,34H,1,9-13,15-16H2,2H3/t20?,22-,26?,27+,28-/m1/s1. The summed E-state index contributed by atoms with van der Waals surface area (Å²) in [6.07, 6.45) is 3.96. The van der Waals surface area contributed by atoms with Crippen LogP contribution in [0, 0.1) is 5.82 Å². The van der Waals surface area contributed by atoms with Crippen molar-refractivity contribution in [1.82, 2.24) is 9.80 Å². The maximum Gasteiger partial charge on any atom is 0.227 e. The first-order valence-corrected chi connectivity index (χ1v) is 12.4. The molecule has 6 nitrogen and oxygen atoms in total. The van der Waals surface area contributed by atoms with Gasteiger partial charge in [-0.3, -0.25) is 9.69 Å². The topological polar surface area (TPSA) is 73.2 Å². The number of carbonyl (C=O) groups is 1. The Morgan fingerprint density at radius 1 is 1.34 bits per heavy atom. The van der Waals surface area contributed by atoms with Crippen molar-refractivity contribution in [3.63, 3.8) is 0 Å². The highest BCUT2D eigenvalue weighted by Crippen LogP contribution is 2.65. The number of hydrogen-bond acceptors (Lipinski definition) is 5. The summed E-state index contributed by atoms with van der Waals surface area (Å²) in [5, 5.41) is 23.2. The molecule has 1 saturated carbocycles. The van der Waals surface area contributed by atoms with Crippen molar-refractivity contribution in [3.05, 3.63) is 71.6 Å².